The van der Waals surface area contributed by atoms with Gasteiger partial charge in [-0.05, 0) is 68.1 Å². The fraction of sp³-hybridized carbons (Fsp3) is 0.800. The molecule has 0 N–H and O–H groups in total. The summed E-state index contributed by atoms with van der Waals surface area (Å²) in [6, 6.07) is 2.12. The molecule has 3 unspecified atom stereocenters. The summed E-state index contributed by atoms with van der Waals surface area (Å²) in [6.45, 7) is 11.1. The zero-order valence-electron chi connectivity index (χ0n) is 22.2. The lowest BCUT2D eigenvalue weighted by Crippen LogP contribution is -2.49. The van der Waals surface area contributed by atoms with Crippen LogP contribution in [-0.2, 0) is 25.0 Å². The Labute approximate surface area is 215 Å². The highest BCUT2D eigenvalue weighted by atomic mass is 16.6. The van der Waals surface area contributed by atoms with E-state index >= 15 is 0 Å². The Morgan fingerprint density at radius 1 is 0.778 bits per heavy atom. The standard InChI is InChI=1S/C30H42O6/c1-4-29(2,3)26-24(34-15-21-12-31-21)8-25(35-16-22-13-32-22)28(36-17-23-14-33-23)27(26)30-9-18-5-19(10-30)7-20(6-18)11-30/h8,18-23H,4-7,9-17H2,1-3H3. The molecule has 6 heteroatoms. The molecule has 0 amide bonds. The summed E-state index contributed by atoms with van der Waals surface area (Å²) in [7, 11) is 0. The van der Waals surface area contributed by atoms with Gasteiger partial charge in [-0.2, -0.15) is 0 Å². The predicted molar refractivity (Wildman–Crippen MR) is 135 cm³/mol. The zero-order chi connectivity index (χ0) is 24.5. The molecule has 7 fully saturated rings. The van der Waals surface area contributed by atoms with Crippen LogP contribution in [0.25, 0.3) is 0 Å². The van der Waals surface area contributed by atoms with Crippen molar-refractivity contribution >= 4 is 0 Å². The van der Waals surface area contributed by atoms with Crippen molar-refractivity contribution in [2.24, 2.45) is 17.8 Å². The molecule has 1 aromatic rings. The fourth-order valence-electron chi connectivity index (χ4n) is 7.79. The summed E-state index contributed by atoms with van der Waals surface area (Å²) in [4.78, 5) is 0. The first kappa shape index (κ1) is 23.6. The molecule has 1 aromatic carbocycles. The molecule has 36 heavy (non-hydrogen) atoms. The molecule has 3 atom stereocenters. The fourth-order valence-corrected chi connectivity index (χ4v) is 7.79. The second-order valence-corrected chi connectivity index (χ2v) is 13.2. The molecule has 3 aliphatic heterocycles. The highest BCUT2D eigenvalue weighted by Crippen LogP contribution is 2.65. The molecular weight excluding hydrogens is 456 g/mol. The van der Waals surface area contributed by atoms with Gasteiger partial charge in [0.05, 0.1) is 19.8 Å². The molecule has 0 aromatic heterocycles. The summed E-state index contributed by atoms with van der Waals surface area (Å²) >= 11 is 0. The second kappa shape index (κ2) is 8.78. The van der Waals surface area contributed by atoms with Gasteiger partial charge in [0.15, 0.2) is 11.5 Å². The SMILES string of the molecule is CCC(C)(C)c1c(OCC2CO2)cc(OCC2CO2)c(OCC2CO2)c1C12CC3CC(CC(C3)C1)C2. The summed E-state index contributed by atoms with van der Waals surface area (Å²) in [6.07, 6.45) is 9.65. The number of hydrogen-bond acceptors (Lipinski definition) is 6. The van der Waals surface area contributed by atoms with Crippen molar-refractivity contribution in [2.75, 3.05) is 39.6 Å². The van der Waals surface area contributed by atoms with Crippen molar-refractivity contribution in [1.29, 1.82) is 0 Å². The van der Waals surface area contributed by atoms with E-state index in [-0.39, 0.29) is 29.1 Å². The molecule has 0 radical (unpaired) electrons. The molecule has 4 bridgehead atoms. The lowest BCUT2D eigenvalue weighted by atomic mass is 9.47. The summed E-state index contributed by atoms with van der Waals surface area (Å²) in [5.74, 6) is 5.25. The molecule has 6 nitrogen and oxygen atoms in total. The minimum Gasteiger partial charge on any atom is -0.490 e. The molecule has 4 saturated carbocycles. The summed E-state index contributed by atoms with van der Waals surface area (Å²) in [5.41, 5.74) is 2.83. The first-order chi connectivity index (χ1) is 17.4. The van der Waals surface area contributed by atoms with E-state index in [1.807, 2.05) is 0 Å². The van der Waals surface area contributed by atoms with Gasteiger partial charge >= 0.3 is 0 Å². The van der Waals surface area contributed by atoms with Crippen LogP contribution in [-0.4, -0.2) is 58.0 Å². The van der Waals surface area contributed by atoms with Gasteiger partial charge in [0.2, 0.25) is 0 Å². The van der Waals surface area contributed by atoms with Gasteiger partial charge in [-0.3, -0.25) is 0 Å². The first-order valence-electron chi connectivity index (χ1n) is 14.4. The Morgan fingerprint density at radius 3 is 1.72 bits per heavy atom. The van der Waals surface area contributed by atoms with Crippen molar-refractivity contribution in [3.63, 3.8) is 0 Å². The average Bonchev–Trinajstić information content (AvgIpc) is 3.69. The van der Waals surface area contributed by atoms with Gasteiger partial charge < -0.3 is 28.4 Å². The summed E-state index contributed by atoms with van der Waals surface area (Å²) in [5, 5.41) is 0. The Bertz CT molecular complexity index is 954. The summed E-state index contributed by atoms with van der Waals surface area (Å²) < 4.78 is 36.4. The highest BCUT2D eigenvalue weighted by molar-refractivity contribution is 5.63. The van der Waals surface area contributed by atoms with Crippen molar-refractivity contribution in [3.8, 4) is 17.2 Å². The van der Waals surface area contributed by atoms with Crippen LogP contribution in [0.15, 0.2) is 6.07 Å². The van der Waals surface area contributed by atoms with Crippen molar-refractivity contribution in [3.05, 3.63) is 17.2 Å². The maximum absolute atomic E-state index is 6.74. The molecule has 198 valence electrons. The molecule has 7 aliphatic rings. The van der Waals surface area contributed by atoms with E-state index in [1.165, 1.54) is 49.7 Å². The van der Waals surface area contributed by atoms with Crippen LogP contribution in [0.1, 0.15) is 76.8 Å². The van der Waals surface area contributed by atoms with E-state index in [2.05, 4.69) is 26.8 Å². The predicted octanol–water partition coefficient (Wildman–Crippen LogP) is 5.17. The third kappa shape index (κ3) is 4.52. The molecule has 8 rings (SSSR count). The van der Waals surface area contributed by atoms with Gasteiger partial charge in [0, 0.05) is 22.6 Å². The topological polar surface area (TPSA) is 65.3 Å². The molecule has 3 heterocycles. The maximum atomic E-state index is 6.74. The van der Waals surface area contributed by atoms with E-state index in [0.717, 1.165) is 61.2 Å². The minimum atomic E-state index is -0.0509. The van der Waals surface area contributed by atoms with Crippen molar-refractivity contribution < 1.29 is 28.4 Å². The smallest absolute Gasteiger partial charge is 0.165 e. The van der Waals surface area contributed by atoms with Crippen LogP contribution in [0.5, 0.6) is 17.2 Å². The van der Waals surface area contributed by atoms with Crippen LogP contribution in [0.2, 0.25) is 0 Å². The molecule has 0 spiro atoms. The van der Waals surface area contributed by atoms with E-state index in [9.17, 15) is 0 Å². The van der Waals surface area contributed by atoms with Crippen LogP contribution >= 0.6 is 0 Å². The van der Waals surface area contributed by atoms with Gasteiger partial charge in [0.25, 0.3) is 0 Å². The van der Waals surface area contributed by atoms with Crippen LogP contribution < -0.4 is 14.2 Å². The number of epoxide rings is 3. The first-order valence-corrected chi connectivity index (χ1v) is 14.4. The molecule has 4 aliphatic carbocycles. The van der Waals surface area contributed by atoms with E-state index < -0.39 is 0 Å². The Hall–Kier alpha value is -1.50. The Morgan fingerprint density at radius 2 is 1.25 bits per heavy atom. The number of hydrogen-bond donors (Lipinski definition) is 0. The second-order valence-electron chi connectivity index (χ2n) is 13.2. The van der Waals surface area contributed by atoms with E-state index in [0.29, 0.717) is 19.8 Å². The highest BCUT2D eigenvalue weighted by Gasteiger charge is 2.55. The van der Waals surface area contributed by atoms with Gasteiger partial charge in [-0.15, -0.1) is 0 Å². The number of ether oxygens (including phenoxy) is 6. The molecule has 3 saturated heterocycles. The van der Waals surface area contributed by atoms with Crippen LogP contribution in [0.4, 0.5) is 0 Å². The maximum Gasteiger partial charge on any atom is 0.165 e. The quantitative estimate of drug-likeness (QED) is 0.370. The van der Waals surface area contributed by atoms with Crippen LogP contribution in [0, 0.1) is 17.8 Å². The lowest BCUT2D eigenvalue weighted by Gasteiger charge is -2.58. The van der Waals surface area contributed by atoms with E-state index in [1.54, 1.807) is 0 Å². The average molecular weight is 499 g/mol. The third-order valence-corrected chi connectivity index (χ3v) is 9.81. The van der Waals surface area contributed by atoms with Gasteiger partial charge in [-0.1, -0.05) is 20.8 Å². The van der Waals surface area contributed by atoms with Crippen molar-refractivity contribution in [1.82, 2.24) is 0 Å². The third-order valence-electron chi connectivity index (χ3n) is 9.81. The normalized spacial score (nSPS) is 37.6. The Balaban J connectivity index is 1.39. The number of benzene rings is 1. The van der Waals surface area contributed by atoms with Gasteiger partial charge in [0.1, 0.15) is 43.9 Å². The zero-order valence-corrected chi connectivity index (χ0v) is 22.2. The monoisotopic (exact) mass is 498 g/mol. The van der Waals surface area contributed by atoms with Crippen LogP contribution in [0.3, 0.4) is 0 Å². The molecular formula is C30H42O6. The van der Waals surface area contributed by atoms with E-state index in [4.69, 9.17) is 28.4 Å². The van der Waals surface area contributed by atoms with Gasteiger partial charge in [-0.25, -0.2) is 0 Å². The van der Waals surface area contributed by atoms with Crippen molar-refractivity contribution in [2.45, 2.75) is 94.9 Å². The largest absolute Gasteiger partial charge is 0.490 e. The minimum absolute atomic E-state index is 0.0509. The number of rotatable bonds is 12. The lowest BCUT2D eigenvalue weighted by molar-refractivity contribution is -0.00768. The Kier molecular flexibility index (Phi) is 5.75.